The summed E-state index contributed by atoms with van der Waals surface area (Å²) >= 11 is 0. The first kappa shape index (κ1) is 18.7. The molecule has 1 saturated carbocycles. The van der Waals surface area contributed by atoms with Crippen LogP contribution in [-0.4, -0.2) is 18.5 Å². The summed E-state index contributed by atoms with van der Waals surface area (Å²) in [6.07, 6.45) is 7.33. The van der Waals surface area contributed by atoms with Crippen molar-refractivity contribution in [1.82, 2.24) is 5.32 Å². The fourth-order valence-corrected chi connectivity index (χ4v) is 2.98. The number of carbonyl (C=O) groups excluding carboxylic acids is 1. The zero-order valence-corrected chi connectivity index (χ0v) is 13.5. The largest absolute Gasteiger partial charge is 0.352 e. The van der Waals surface area contributed by atoms with Gasteiger partial charge in [0.1, 0.15) is 0 Å². The van der Waals surface area contributed by atoms with E-state index in [9.17, 15) is 4.79 Å². The molecule has 0 saturated heterocycles. The van der Waals surface area contributed by atoms with E-state index in [4.69, 9.17) is 5.73 Å². The Balaban J connectivity index is 0.00000324. The van der Waals surface area contributed by atoms with E-state index in [1.54, 1.807) is 0 Å². The van der Waals surface area contributed by atoms with Crippen LogP contribution in [0.3, 0.4) is 0 Å². The Hall–Kier alpha value is -0.280. The van der Waals surface area contributed by atoms with E-state index in [0.717, 1.165) is 18.8 Å². The van der Waals surface area contributed by atoms with Crippen LogP contribution in [0.25, 0.3) is 0 Å². The van der Waals surface area contributed by atoms with E-state index in [1.807, 2.05) is 0 Å². The highest BCUT2D eigenvalue weighted by Crippen LogP contribution is 2.30. The molecule has 3 N–H and O–H groups in total. The van der Waals surface area contributed by atoms with E-state index < -0.39 is 0 Å². The number of nitrogens with one attached hydrogen (secondary N) is 1. The predicted molar refractivity (Wildman–Crippen MR) is 83.4 cm³/mol. The number of carbonyl (C=O) groups is 1. The molecule has 1 amide bonds. The molecule has 4 heteroatoms. The lowest BCUT2D eigenvalue weighted by Crippen LogP contribution is -2.43. The summed E-state index contributed by atoms with van der Waals surface area (Å²) in [5.74, 6) is 1.67. The third-order valence-corrected chi connectivity index (χ3v) is 4.00. The van der Waals surface area contributed by atoms with Gasteiger partial charge in [0.15, 0.2) is 0 Å². The summed E-state index contributed by atoms with van der Waals surface area (Å²) in [7, 11) is 0. The van der Waals surface area contributed by atoms with Gasteiger partial charge in [-0.1, -0.05) is 46.5 Å². The molecule has 2 atom stereocenters. The zero-order chi connectivity index (χ0) is 13.5. The lowest BCUT2D eigenvalue weighted by molar-refractivity contribution is -0.125. The van der Waals surface area contributed by atoms with Gasteiger partial charge >= 0.3 is 0 Å². The van der Waals surface area contributed by atoms with Crippen LogP contribution in [-0.2, 0) is 4.79 Å². The molecule has 1 aliphatic carbocycles. The number of rotatable bonds is 7. The smallest absolute Gasteiger partial charge is 0.223 e. The number of halogens is 1. The van der Waals surface area contributed by atoms with Gasteiger partial charge in [0.25, 0.3) is 0 Å². The molecule has 0 aromatic rings. The highest BCUT2D eigenvalue weighted by atomic mass is 35.5. The van der Waals surface area contributed by atoms with Gasteiger partial charge in [-0.15, -0.1) is 12.4 Å². The first-order valence-corrected chi connectivity index (χ1v) is 7.53. The minimum absolute atomic E-state index is 0. The molecule has 0 spiro atoms. The van der Waals surface area contributed by atoms with Crippen molar-refractivity contribution >= 4 is 18.3 Å². The Morgan fingerprint density at radius 2 is 1.84 bits per heavy atom. The topological polar surface area (TPSA) is 55.1 Å². The van der Waals surface area contributed by atoms with Gasteiger partial charge in [-0.05, 0) is 24.7 Å². The average Bonchev–Trinajstić information content (AvgIpc) is 2.80. The van der Waals surface area contributed by atoms with E-state index in [1.165, 1.54) is 25.7 Å². The highest BCUT2D eigenvalue weighted by Gasteiger charge is 2.23. The van der Waals surface area contributed by atoms with Crippen molar-refractivity contribution in [3.05, 3.63) is 0 Å². The predicted octanol–water partition coefficient (Wildman–Crippen LogP) is 3.11. The van der Waals surface area contributed by atoms with Crippen LogP contribution in [0.15, 0.2) is 0 Å². The molecule has 0 radical (unpaired) electrons. The number of amides is 1. The van der Waals surface area contributed by atoms with E-state index in [2.05, 4.69) is 26.1 Å². The van der Waals surface area contributed by atoms with Gasteiger partial charge in [-0.2, -0.15) is 0 Å². The summed E-state index contributed by atoms with van der Waals surface area (Å²) in [5, 5.41) is 3.11. The van der Waals surface area contributed by atoms with Crippen LogP contribution in [0.4, 0.5) is 0 Å². The van der Waals surface area contributed by atoms with Crippen molar-refractivity contribution in [1.29, 1.82) is 0 Å². The monoisotopic (exact) mass is 290 g/mol. The second kappa shape index (κ2) is 9.60. The van der Waals surface area contributed by atoms with Gasteiger partial charge in [0, 0.05) is 18.5 Å². The van der Waals surface area contributed by atoms with Crippen molar-refractivity contribution in [3.8, 4) is 0 Å². The van der Waals surface area contributed by atoms with Gasteiger partial charge in [-0.3, -0.25) is 4.79 Å². The Labute approximate surface area is 124 Å². The molecule has 1 fully saturated rings. The van der Waals surface area contributed by atoms with Gasteiger partial charge in [0.05, 0.1) is 0 Å². The maximum atomic E-state index is 12.1. The minimum Gasteiger partial charge on any atom is -0.352 e. The van der Waals surface area contributed by atoms with Crippen molar-refractivity contribution in [2.75, 3.05) is 6.54 Å². The quantitative estimate of drug-likeness (QED) is 0.757. The normalized spacial score (nSPS) is 19.0. The first-order valence-electron chi connectivity index (χ1n) is 7.53. The third-order valence-electron chi connectivity index (χ3n) is 4.00. The maximum absolute atomic E-state index is 12.1. The summed E-state index contributed by atoms with van der Waals surface area (Å²) in [4.78, 5) is 12.1. The summed E-state index contributed by atoms with van der Waals surface area (Å²) in [5.41, 5.74) is 5.72. The minimum atomic E-state index is 0. The van der Waals surface area contributed by atoms with Crippen LogP contribution in [0.5, 0.6) is 0 Å². The Kier molecular flexibility index (Phi) is 9.46. The highest BCUT2D eigenvalue weighted by molar-refractivity contribution is 5.85. The van der Waals surface area contributed by atoms with E-state index in [-0.39, 0.29) is 30.3 Å². The Morgan fingerprint density at radius 1 is 1.26 bits per heavy atom. The van der Waals surface area contributed by atoms with Crippen molar-refractivity contribution in [3.63, 3.8) is 0 Å². The van der Waals surface area contributed by atoms with E-state index in [0.29, 0.717) is 12.5 Å². The fourth-order valence-electron chi connectivity index (χ4n) is 2.98. The van der Waals surface area contributed by atoms with Crippen LogP contribution in [0.2, 0.25) is 0 Å². The number of hydrogen-bond donors (Lipinski definition) is 2. The SMILES string of the molecule is CC(C)CC(CN)NC(=O)C(C)CC1CCCC1.Cl. The average molecular weight is 291 g/mol. The van der Waals surface area contributed by atoms with Crippen LogP contribution in [0, 0.1) is 17.8 Å². The molecule has 1 rings (SSSR count). The van der Waals surface area contributed by atoms with Crippen LogP contribution >= 0.6 is 12.4 Å². The number of hydrogen-bond acceptors (Lipinski definition) is 2. The maximum Gasteiger partial charge on any atom is 0.223 e. The molecule has 0 aliphatic heterocycles. The molecule has 0 aromatic heterocycles. The van der Waals surface area contributed by atoms with Gasteiger partial charge in [-0.25, -0.2) is 0 Å². The first-order chi connectivity index (χ1) is 8.52. The Morgan fingerprint density at radius 3 is 2.32 bits per heavy atom. The molecule has 1 aliphatic rings. The van der Waals surface area contributed by atoms with E-state index >= 15 is 0 Å². The lowest BCUT2D eigenvalue weighted by atomic mass is 9.93. The molecule has 2 unspecified atom stereocenters. The van der Waals surface area contributed by atoms with Crippen molar-refractivity contribution in [2.24, 2.45) is 23.5 Å². The summed E-state index contributed by atoms with van der Waals surface area (Å²) in [6.45, 7) is 6.92. The molecular formula is C15H31ClN2O. The lowest BCUT2D eigenvalue weighted by Gasteiger charge is -2.22. The molecule has 0 aromatic carbocycles. The number of nitrogens with two attached hydrogens (primary N) is 1. The van der Waals surface area contributed by atoms with Crippen molar-refractivity contribution < 1.29 is 4.79 Å². The second-order valence-corrected chi connectivity index (χ2v) is 6.36. The van der Waals surface area contributed by atoms with Crippen LogP contribution in [0.1, 0.15) is 59.3 Å². The third kappa shape index (κ3) is 7.17. The van der Waals surface area contributed by atoms with Crippen LogP contribution < -0.4 is 11.1 Å². The fraction of sp³-hybridized carbons (Fsp3) is 0.933. The molecule has 19 heavy (non-hydrogen) atoms. The molecular weight excluding hydrogens is 260 g/mol. The summed E-state index contributed by atoms with van der Waals surface area (Å²) in [6, 6.07) is 0.142. The molecule has 3 nitrogen and oxygen atoms in total. The van der Waals surface area contributed by atoms with Gasteiger partial charge in [0.2, 0.25) is 5.91 Å². The molecule has 0 bridgehead atoms. The second-order valence-electron chi connectivity index (χ2n) is 6.36. The summed E-state index contributed by atoms with van der Waals surface area (Å²) < 4.78 is 0. The molecule has 114 valence electrons. The Bertz CT molecular complexity index is 253. The molecule has 0 heterocycles. The van der Waals surface area contributed by atoms with Gasteiger partial charge < -0.3 is 11.1 Å². The zero-order valence-electron chi connectivity index (χ0n) is 12.7. The standard InChI is InChI=1S/C15H30N2O.ClH/c1-11(2)8-14(10-16)17-15(18)12(3)9-13-6-4-5-7-13;/h11-14H,4-10,16H2,1-3H3,(H,17,18);1H. The van der Waals surface area contributed by atoms with Crippen molar-refractivity contribution in [2.45, 2.75) is 65.3 Å².